The molecule has 31 heavy (non-hydrogen) atoms. The summed E-state index contributed by atoms with van der Waals surface area (Å²) >= 11 is 0. The summed E-state index contributed by atoms with van der Waals surface area (Å²) in [4.78, 5) is 35.9. The molecule has 0 bridgehead atoms. The third-order valence-corrected chi connectivity index (χ3v) is 6.23. The fourth-order valence-corrected chi connectivity index (χ4v) is 4.43. The summed E-state index contributed by atoms with van der Waals surface area (Å²) in [5.41, 5.74) is 4.47. The van der Waals surface area contributed by atoms with Gasteiger partial charge in [-0.2, -0.15) is 5.10 Å². The Bertz CT molecular complexity index is 1190. The van der Waals surface area contributed by atoms with Crippen LogP contribution in [0.5, 0.6) is 0 Å². The predicted octanol–water partition coefficient (Wildman–Crippen LogP) is 1.10. The van der Waals surface area contributed by atoms with E-state index in [0.717, 1.165) is 47.5 Å². The maximum atomic E-state index is 12.1. The van der Waals surface area contributed by atoms with Crippen LogP contribution in [-0.4, -0.2) is 63.2 Å². The molecule has 1 saturated heterocycles. The summed E-state index contributed by atoms with van der Waals surface area (Å²) in [5, 5.41) is 11.3. The van der Waals surface area contributed by atoms with Crippen molar-refractivity contribution < 1.29 is 4.79 Å². The number of fused-ring (bicyclic) bond motifs is 2. The molecule has 0 radical (unpaired) electrons. The molecule has 1 amide bonds. The monoisotopic (exact) mass is 419 g/mol. The second-order valence-corrected chi connectivity index (χ2v) is 8.13. The molecule has 4 heterocycles. The number of hydrogen-bond acceptors (Lipinski definition) is 7. The normalized spacial score (nSPS) is 20.5. The molecular formula is C22H25N7O2. The number of carbonyl (C=O) groups is 1. The van der Waals surface area contributed by atoms with Crippen LogP contribution in [0.3, 0.4) is 0 Å². The zero-order valence-electron chi connectivity index (χ0n) is 17.6. The highest BCUT2D eigenvalue weighted by molar-refractivity contribution is 5.92. The average molecular weight is 419 g/mol. The number of nitrogens with one attached hydrogen (secondary N) is 2. The third-order valence-electron chi connectivity index (χ3n) is 6.23. The van der Waals surface area contributed by atoms with E-state index in [2.05, 4.69) is 35.3 Å². The lowest BCUT2D eigenvalue weighted by Crippen LogP contribution is -2.46. The van der Waals surface area contributed by atoms with Crippen LogP contribution in [0.1, 0.15) is 35.1 Å². The molecule has 2 atom stereocenters. The van der Waals surface area contributed by atoms with Crippen molar-refractivity contribution in [2.45, 2.75) is 38.4 Å². The summed E-state index contributed by atoms with van der Waals surface area (Å²) in [5.74, 6) is -0.176. The summed E-state index contributed by atoms with van der Waals surface area (Å²) in [6, 6.07) is 8.41. The van der Waals surface area contributed by atoms with Crippen molar-refractivity contribution in [3.05, 3.63) is 57.8 Å². The van der Waals surface area contributed by atoms with Crippen molar-refractivity contribution in [3.63, 3.8) is 0 Å². The van der Waals surface area contributed by atoms with E-state index in [1.54, 1.807) is 19.3 Å². The highest BCUT2D eigenvalue weighted by Gasteiger charge is 2.49. The van der Waals surface area contributed by atoms with Gasteiger partial charge in [-0.1, -0.05) is 6.92 Å². The molecule has 9 nitrogen and oxygen atoms in total. The number of amides is 1. The Labute approximate surface area is 179 Å². The quantitative estimate of drug-likeness (QED) is 0.638. The van der Waals surface area contributed by atoms with Gasteiger partial charge >= 0.3 is 0 Å². The first-order chi connectivity index (χ1) is 15.1. The Morgan fingerprint density at radius 3 is 2.84 bits per heavy atom. The van der Waals surface area contributed by atoms with Crippen LogP contribution >= 0.6 is 0 Å². The molecule has 0 spiro atoms. The second kappa shape index (κ2) is 7.73. The number of aromatic nitrogens is 4. The number of pyridine rings is 2. The number of anilines is 1. The van der Waals surface area contributed by atoms with Gasteiger partial charge in [0.25, 0.3) is 11.5 Å². The maximum absolute atomic E-state index is 12.1. The lowest BCUT2D eigenvalue weighted by molar-refractivity contribution is 0.0958. The van der Waals surface area contributed by atoms with Gasteiger partial charge in [0.1, 0.15) is 11.2 Å². The number of piperazine rings is 1. The topological polar surface area (TPSA) is 107 Å². The number of rotatable bonds is 5. The van der Waals surface area contributed by atoms with Gasteiger partial charge in [-0.15, -0.1) is 5.10 Å². The molecule has 2 aliphatic rings. The van der Waals surface area contributed by atoms with E-state index < -0.39 is 0 Å². The van der Waals surface area contributed by atoms with E-state index in [1.165, 1.54) is 0 Å². The van der Waals surface area contributed by atoms with E-state index in [-0.39, 0.29) is 11.5 Å². The van der Waals surface area contributed by atoms with Crippen LogP contribution in [0.2, 0.25) is 0 Å². The van der Waals surface area contributed by atoms with Crippen molar-refractivity contribution >= 4 is 22.6 Å². The molecule has 9 heteroatoms. The molecule has 5 rings (SSSR count). The van der Waals surface area contributed by atoms with Crippen molar-refractivity contribution in [1.29, 1.82) is 0 Å². The van der Waals surface area contributed by atoms with E-state index in [1.807, 2.05) is 25.1 Å². The van der Waals surface area contributed by atoms with Gasteiger partial charge in [-0.05, 0) is 37.1 Å². The summed E-state index contributed by atoms with van der Waals surface area (Å²) in [6.45, 7) is 4.46. The largest absolute Gasteiger partial charge is 0.364 e. The molecule has 160 valence electrons. The van der Waals surface area contributed by atoms with Crippen molar-refractivity contribution in [2.24, 2.45) is 0 Å². The third kappa shape index (κ3) is 3.65. The van der Waals surface area contributed by atoms with Gasteiger partial charge in [0.15, 0.2) is 0 Å². The molecule has 3 aromatic rings. The molecule has 1 aliphatic carbocycles. The Morgan fingerprint density at radius 1 is 1.23 bits per heavy atom. The molecule has 1 aliphatic heterocycles. The van der Waals surface area contributed by atoms with E-state index in [0.29, 0.717) is 30.7 Å². The van der Waals surface area contributed by atoms with Crippen molar-refractivity contribution in [2.75, 3.05) is 25.0 Å². The number of nitrogens with zero attached hydrogens (tertiary/aromatic N) is 5. The molecule has 2 N–H and O–H groups in total. The number of carbonyl (C=O) groups excluding carboxylic acids is 1. The highest BCUT2D eigenvalue weighted by Crippen LogP contribution is 2.39. The Morgan fingerprint density at radius 2 is 2.10 bits per heavy atom. The maximum Gasteiger partial charge on any atom is 0.269 e. The summed E-state index contributed by atoms with van der Waals surface area (Å²) < 4.78 is 0. The first kappa shape index (κ1) is 19.6. The fourth-order valence-electron chi connectivity index (χ4n) is 4.43. The molecule has 1 saturated carbocycles. The van der Waals surface area contributed by atoms with Gasteiger partial charge in [0.2, 0.25) is 0 Å². The Hall–Kier alpha value is -3.33. The van der Waals surface area contributed by atoms with Gasteiger partial charge in [0, 0.05) is 44.3 Å². The Kier molecular flexibility index (Phi) is 4.90. The smallest absolute Gasteiger partial charge is 0.269 e. The van der Waals surface area contributed by atoms with Crippen LogP contribution < -0.4 is 15.8 Å². The van der Waals surface area contributed by atoms with E-state index in [4.69, 9.17) is 0 Å². The Balaban J connectivity index is 1.27. The standard InChI is InChI=1S/C22H25N7O2/c1-3-13-8-18-17(25-21(13)30)9-14(26-27-18)12-28-6-7-29(20-10-19(20)28)15-4-5-16(24-11-15)22(31)23-2/h4-5,8-9,11,19-20H,3,6-7,10,12H2,1-2H3,(H,23,31)(H,25,30)/t19-,20+/m0/s1. The van der Waals surface area contributed by atoms with Crippen LogP contribution in [0, 0.1) is 0 Å². The van der Waals surface area contributed by atoms with Gasteiger partial charge in [-0.25, -0.2) is 4.98 Å². The van der Waals surface area contributed by atoms with Gasteiger partial charge in [-0.3, -0.25) is 14.5 Å². The molecular weight excluding hydrogens is 394 g/mol. The number of aryl methyl sites for hydroxylation is 1. The zero-order chi connectivity index (χ0) is 21.5. The van der Waals surface area contributed by atoms with Crippen LogP contribution in [0.25, 0.3) is 11.0 Å². The molecule has 0 aromatic carbocycles. The van der Waals surface area contributed by atoms with Crippen molar-refractivity contribution in [3.8, 4) is 0 Å². The molecule has 3 aromatic heterocycles. The number of aromatic amines is 1. The van der Waals surface area contributed by atoms with Crippen molar-refractivity contribution in [1.82, 2.24) is 30.4 Å². The highest BCUT2D eigenvalue weighted by atomic mass is 16.1. The first-order valence-electron chi connectivity index (χ1n) is 10.6. The fraction of sp³-hybridized carbons (Fsp3) is 0.409. The average Bonchev–Trinajstić information content (AvgIpc) is 3.60. The predicted molar refractivity (Wildman–Crippen MR) is 117 cm³/mol. The first-order valence-corrected chi connectivity index (χ1v) is 10.6. The second-order valence-electron chi connectivity index (χ2n) is 8.13. The summed E-state index contributed by atoms with van der Waals surface area (Å²) in [6.07, 6.45) is 3.55. The zero-order valence-corrected chi connectivity index (χ0v) is 17.6. The minimum Gasteiger partial charge on any atom is -0.364 e. The number of H-pyrrole nitrogens is 1. The lowest BCUT2D eigenvalue weighted by Gasteiger charge is -2.35. The SMILES string of the molecule is CCc1cc2nnc(CN3CCN(c4ccc(C(=O)NC)nc4)[C@@H]4C[C@@H]43)cc2[nH]c1=O. The lowest BCUT2D eigenvalue weighted by atomic mass is 10.2. The van der Waals surface area contributed by atoms with Crippen LogP contribution in [-0.2, 0) is 13.0 Å². The number of hydrogen-bond donors (Lipinski definition) is 2. The van der Waals surface area contributed by atoms with Crippen LogP contribution in [0.15, 0.2) is 35.3 Å². The molecule has 2 fully saturated rings. The summed E-state index contributed by atoms with van der Waals surface area (Å²) in [7, 11) is 1.60. The molecule has 0 unspecified atom stereocenters. The minimum absolute atomic E-state index is 0.0548. The van der Waals surface area contributed by atoms with Gasteiger partial charge in [0.05, 0.1) is 23.1 Å². The van der Waals surface area contributed by atoms with E-state index >= 15 is 0 Å². The van der Waals surface area contributed by atoms with Crippen LogP contribution in [0.4, 0.5) is 5.69 Å². The van der Waals surface area contributed by atoms with E-state index in [9.17, 15) is 9.59 Å². The minimum atomic E-state index is -0.176. The van der Waals surface area contributed by atoms with Gasteiger partial charge < -0.3 is 15.2 Å².